The number of carbonyl (C=O) groups is 4. The molecule has 3 fully saturated rings. The predicted molar refractivity (Wildman–Crippen MR) is 156 cm³/mol. The van der Waals surface area contributed by atoms with E-state index in [4.69, 9.17) is 27.9 Å². The second kappa shape index (κ2) is 9.46. The van der Waals surface area contributed by atoms with Crippen molar-refractivity contribution in [3.05, 3.63) is 63.2 Å². The molecule has 0 aromatic heterocycles. The minimum absolute atomic E-state index is 0.0770. The van der Waals surface area contributed by atoms with Gasteiger partial charge in [-0.1, -0.05) is 17.7 Å². The molecule has 2 heterocycles. The number of imide groups is 2. The molecule has 1 saturated carbocycles. The van der Waals surface area contributed by atoms with Crippen LogP contribution < -0.4 is 9.64 Å². The molecule has 6 rings (SSSR count). The molecule has 0 spiro atoms. The van der Waals surface area contributed by atoms with E-state index in [0.717, 1.165) is 8.47 Å². The second-order valence-electron chi connectivity index (χ2n) is 10.6. The second-order valence-corrected chi connectivity index (χ2v) is 13.1. The number of fused-ring (bicyclic) bond motifs is 4. The van der Waals surface area contributed by atoms with Crippen LogP contribution in [0.5, 0.6) is 11.5 Å². The number of nitrogens with zero attached hydrogens (tertiary/aromatic N) is 2. The first-order valence-corrected chi connectivity index (χ1v) is 14.8. The summed E-state index contributed by atoms with van der Waals surface area (Å²) < 4.78 is 6.57. The fourth-order valence-corrected chi connectivity index (χ4v) is 8.32. The summed E-state index contributed by atoms with van der Waals surface area (Å²) in [5.41, 5.74) is 1.68. The van der Waals surface area contributed by atoms with Gasteiger partial charge in [0.2, 0.25) is 11.8 Å². The number of anilines is 1. The Morgan fingerprint density at radius 3 is 2.40 bits per heavy atom. The summed E-state index contributed by atoms with van der Waals surface area (Å²) in [5, 5.41) is 10.4. The number of alkyl halides is 2. The third kappa shape index (κ3) is 3.56. The lowest BCUT2D eigenvalue weighted by atomic mass is 9.56. The van der Waals surface area contributed by atoms with E-state index in [0.29, 0.717) is 16.8 Å². The quantitative estimate of drug-likeness (QED) is 0.218. The first-order chi connectivity index (χ1) is 19.0. The summed E-state index contributed by atoms with van der Waals surface area (Å²) in [6.45, 7) is 2.06. The van der Waals surface area contributed by atoms with E-state index in [-0.39, 0.29) is 42.8 Å². The third-order valence-corrected chi connectivity index (χ3v) is 10.8. The lowest BCUT2D eigenvalue weighted by molar-refractivity contribution is -0.138. The molecule has 4 amide bonds. The van der Waals surface area contributed by atoms with Crippen LogP contribution >= 0.6 is 45.8 Å². The molecular weight excluding hydrogens is 670 g/mol. The van der Waals surface area contributed by atoms with Crippen molar-refractivity contribution in [2.75, 3.05) is 18.6 Å². The number of rotatable bonds is 4. The minimum Gasteiger partial charge on any atom is -0.504 e. The largest absolute Gasteiger partial charge is 0.504 e. The lowest BCUT2D eigenvalue weighted by Crippen LogP contribution is -2.60. The predicted octanol–water partition coefficient (Wildman–Crippen LogP) is 4.59. The van der Waals surface area contributed by atoms with Crippen molar-refractivity contribution >= 4 is 75.1 Å². The topological polar surface area (TPSA) is 104 Å². The van der Waals surface area contributed by atoms with Crippen LogP contribution in [0.3, 0.4) is 0 Å². The molecule has 6 atom stereocenters. The summed E-state index contributed by atoms with van der Waals surface area (Å²) in [6.07, 6.45) is 2.07. The highest BCUT2D eigenvalue weighted by molar-refractivity contribution is 14.1. The Bertz CT molecular complexity index is 1510. The fraction of sp³-hybridized carbons (Fsp3) is 0.379. The van der Waals surface area contributed by atoms with Crippen molar-refractivity contribution in [1.82, 2.24) is 4.90 Å². The maximum atomic E-state index is 14.0. The summed E-state index contributed by atoms with van der Waals surface area (Å²) in [5.74, 6) is -4.78. The van der Waals surface area contributed by atoms with Crippen LogP contribution in [0.1, 0.15) is 31.2 Å². The monoisotopic (exact) mass is 694 g/mol. The van der Waals surface area contributed by atoms with Gasteiger partial charge < -0.3 is 9.84 Å². The molecule has 2 aliphatic heterocycles. The zero-order valence-corrected chi connectivity index (χ0v) is 25.2. The Labute approximate surface area is 254 Å². The molecule has 2 aromatic carbocycles. The number of benzene rings is 2. The molecule has 2 saturated heterocycles. The number of aromatic hydroxyl groups is 1. The molecule has 1 N–H and O–H groups in total. The van der Waals surface area contributed by atoms with Crippen molar-refractivity contribution in [2.45, 2.75) is 35.4 Å². The number of likely N-dealkylation sites (tertiary alicyclic amines) is 1. The number of amides is 4. The number of phenolic OH excluding ortho intramolecular Hbond substituents is 1. The van der Waals surface area contributed by atoms with Crippen LogP contribution in [0.25, 0.3) is 0 Å². The summed E-state index contributed by atoms with van der Waals surface area (Å²) in [7, 11) is 1.35. The van der Waals surface area contributed by atoms with E-state index in [2.05, 4.69) is 22.6 Å². The summed E-state index contributed by atoms with van der Waals surface area (Å²) in [6, 6.07) is 11.8. The minimum atomic E-state index is -1.89. The lowest BCUT2D eigenvalue weighted by Gasteiger charge is -2.50. The zero-order chi connectivity index (χ0) is 28.7. The van der Waals surface area contributed by atoms with Crippen LogP contribution in [0.2, 0.25) is 0 Å². The molecule has 208 valence electrons. The average molecular weight is 695 g/mol. The number of hydrogen-bond acceptors (Lipinski definition) is 6. The Balaban J connectivity index is 1.51. The van der Waals surface area contributed by atoms with Gasteiger partial charge >= 0.3 is 0 Å². The van der Waals surface area contributed by atoms with Crippen molar-refractivity contribution in [2.24, 2.45) is 17.8 Å². The van der Waals surface area contributed by atoms with Crippen molar-refractivity contribution in [1.29, 1.82) is 0 Å². The summed E-state index contributed by atoms with van der Waals surface area (Å²) >= 11 is 16.5. The van der Waals surface area contributed by atoms with Crippen molar-refractivity contribution in [3.63, 3.8) is 0 Å². The van der Waals surface area contributed by atoms with Crippen molar-refractivity contribution in [3.8, 4) is 11.5 Å². The third-order valence-electron chi connectivity index (χ3n) is 8.72. The number of phenols is 1. The molecule has 0 bridgehead atoms. The SMILES string of the molecule is CCOc1cc(C2C3=CCC4C(=O)N(c5ccc(I)cc5)C(=O)C4C3CC3(Cl)C(=O)N(C)C(=O)C23Cl)ccc1O. The molecule has 11 heteroatoms. The van der Waals surface area contributed by atoms with Crippen LogP contribution in [0.15, 0.2) is 54.1 Å². The van der Waals surface area contributed by atoms with Gasteiger partial charge in [-0.25, -0.2) is 0 Å². The van der Waals surface area contributed by atoms with Crippen LogP contribution in [-0.2, 0) is 19.2 Å². The molecule has 2 aromatic rings. The Hall–Kier alpha value is -2.63. The van der Waals surface area contributed by atoms with Gasteiger partial charge in [-0.15, -0.1) is 23.2 Å². The van der Waals surface area contributed by atoms with E-state index in [1.165, 1.54) is 18.0 Å². The van der Waals surface area contributed by atoms with Gasteiger partial charge in [0.15, 0.2) is 21.2 Å². The Kier molecular flexibility index (Phi) is 6.51. The number of ether oxygens (including phenoxy) is 1. The molecule has 6 unspecified atom stereocenters. The van der Waals surface area contributed by atoms with Gasteiger partial charge in [0.1, 0.15) is 0 Å². The number of halogens is 3. The summed E-state index contributed by atoms with van der Waals surface area (Å²) in [4.78, 5) is 53.2. The number of carbonyl (C=O) groups excluding carboxylic acids is 4. The van der Waals surface area contributed by atoms with Crippen molar-refractivity contribution < 1.29 is 29.0 Å². The fourth-order valence-electron chi connectivity index (χ4n) is 6.94. The molecule has 2 aliphatic carbocycles. The first-order valence-electron chi connectivity index (χ1n) is 12.9. The van der Waals surface area contributed by atoms with Crippen LogP contribution in [-0.4, -0.2) is 57.0 Å². The molecular formula is C29H25Cl2IN2O6. The van der Waals surface area contributed by atoms with Gasteiger partial charge in [-0.05, 0) is 90.2 Å². The molecule has 8 nitrogen and oxygen atoms in total. The smallest absolute Gasteiger partial charge is 0.253 e. The average Bonchev–Trinajstić information content (AvgIpc) is 3.26. The van der Waals surface area contributed by atoms with Gasteiger partial charge in [-0.2, -0.15) is 0 Å². The number of hydrogen-bond donors (Lipinski definition) is 1. The standard InChI is InChI=1S/C29H25Cl2IN2O6/c1-3-40-21-12-14(4-11-20(21)35)23-17-9-10-18-22(25(37)34(24(18)36)16-7-5-15(32)6-8-16)19(17)13-28(30)26(38)33(2)27(39)29(23,28)31/h4-9,11-12,18-19,22-23,35H,3,10,13H2,1-2H3. The van der Waals surface area contributed by atoms with E-state index < -0.39 is 45.2 Å². The highest BCUT2D eigenvalue weighted by atomic mass is 127. The Morgan fingerprint density at radius 2 is 1.73 bits per heavy atom. The normalized spacial score (nSPS) is 33.1. The zero-order valence-electron chi connectivity index (χ0n) is 21.6. The maximum absolute atomic E-state index is 14.0. The van der Waals surface area contributed by atoms with Gasteiger partial charge in [-0.3, -0.25) is 29.0 Å². The van der Waals surface area contributed by atoms with Crippen LogP contribution in [0.4, 0.5) is 5.69 Å². The Morgan fingerprint density at radius 1 is 1.02 bits per heavy atom. The van der Waals surface area contributed by atoms with E-state index in [1.807, 2.05) is 18.2 Å². The van der Waals surface area contributed by atoms with E-state index >= 15 is 0 Å². The molecule has 40 heavy (non-hydrogen) atoms. The van der Waals surface area contributed by atoms with Gasteiger partial charge in [0.05, 0.1) is 24.1 Å². The highest BCUT2D eigenvalue weighted by Gasteiger charge is 2.75. The molecule has 4 aliphatic rings. The van der Waals surface area contributed by atoms with E-state index in [9.17, 15) is 24.3 Å². The maximum Gasteiger partial charge on any atom is 0.253 e. The highest BCUT2D eigenvalue weighted by Crippen LogP contribution is 2.65. The van der Waals surface area contributed by atoms with Gasteiger partial charge in [0, 0.05) is 16.5 Å². The first kappa shape index (κ1) is 27.5. The molecule has 0 radical (unpaired) electrons. The van der Waals surface area contributed by atoms with E-state index in [1.54, 1.807) is 31.2 Å². The number of allylic oxidation sites excluding steroid dienone is 2. The van der Waals surface area contributed by atoms with Gasteiger partial charge in [0.25, 0.3) is 11.8 Å². The van der Waals surface area contributed by atoms with Crippen LogP contribution in [0, 0.1) is 21.3 Å².